The first-order valence-corrected chi connectivity index (χ1v) is 8.53. The van der Waals surface area contributed by atoms with Crippen molar-refractivity contribution in [1.82, 2.24) is 4.98 Å². The van der Waals surface area contributed by atoms with E-state index in [4.69, 9.17) is 25.5 Å². The number of rotatable bonds is 4. The molecular formula is C21H14ClNO4. The average molecular weight is 380 g/mol. The normalized spacial score (nSPS) is 10.7. The summed E-state index contributed by atoms with van der Waals surface area (Å²) in [5.74, 6) is 1.16. The molecule has 0 saturated heterocycles. The predicted molar refractivity (Wildman–Crippen MR) is 102 cm³/mol. The molecule has 0 saturated carbocycles. The summed E-state index contributed by atoms with van der Waals surface area (Å²) in [6.45, 7) is 0. The lowest BCUT2D eigenvalue weighted by molar-refractivity contribution is 0.0601. The monoisotopic (exact) mass is 379 g/mol. The Kier molecular flexibility index (Phi) is 4.52. The van der Waals surface area contributed by atoms with E-state index in [2.05, 4.69) is 4.98 Å². The van der Waals surface area contributed by atoms with Crippen molar-refractivity contribution in [2.75, 3.05) is 7.11 Å². The number of oxazole rings is 1. The van der Waals surface area contributed by atoms with Crippen LogP contribution < -0.4 is 4.74 Å². The van der Waals surface area contributed by atoms with Crippen LogP contribution in [-0.4, -0.2) is 18.1 Å². The number of carbonyl (C=O) groups excluding carboxylic acids is 1. The lowest BCUT2D eigenvalue weighted by atomic mass is 10.1. The van der Waals surface area contributed by atoms with E-state index in [-0.39, 0.29) is 0 Å². The molecule has 6 heteroatoms. The third-order valence-electron chi connectivity index (χ3n) is 3.97. The number of esters is 1. The third-order valence-corrected chi connectivity index (χ3v) is 4.22. The highest BCUT2D eigenvalue weighted by molar-refractivity contribution is 6.30. The van der Waals surface area contributed by atoms with Crippen LogP contribution in [0.15, 0.2) is 71.1 Å². The number of hydrogen-bond acceptors (Lipinski definition) is 5. The Morgan fingerprint density at radius 3 is 2.52 bits per heavy atom. The number of nitrogens with zero attached hydrogens (tertiary/aromatic N) is 1. The number of halogens is 1. The SMILES string of the molecule is COC(=O)c1ccccc1-c1nc2ccc(Oc3ccc(Cl)cc3)cc2o1. The highest BCUT2D eigenvalue weighted by Crippen LogP contribution is 2.31. The van der Waals surface area contributed by atoms with Crippen LogP contribution in [0.25, 0.3) is 22.6 Å². The zero-order valence-electron chi connectivity index (χ0n) is 14.3. The molecule has 0 spiro atoms. The van der Waals surface area contributed by atoms with Gasteiger partial charge in [-0.15, -0.1) is 0 Å². The van der Waals surface area contributed by atoms with Crippen LogP contribution in [0.2, 0.25) is 5.02 Å². The van der Waals surface area contributed by atoms with Gasteiger partial charge < -0.3 is 13.9 Å². The summed E-state index contributed by atoms with van der Waals surface area (Å²) in [7, 11) is 1.34. The predicted octanol–water partition coefficient (Wildman–Crippen LogP) is 5.73. The molecule has 0 amide bonds. The van der Waals surface area contributed by atoms with Crippen molar-refractivity contribution in [1.29, 1.82) is 0 Å². The van der Waals surface area contributed by atoms with Crippen LogP contribution in [0.3, 0.4) is 0 Å². The second-order valence-electron chi connectivity index (χ2n) is 5.74. The Labute approximate surface area is 160 Å². The van der Waals surface area contributed by atoms with Crippen LogP contribution in [0.1, 0.15) is 10.4 Å². The minimum Gasteiger partial charge on any atom is -0.465 e. The van der Waals surface area contributed by atoms with Gasteiger partial charge in [0.2, 0.25) is 5.89 Å². The molecule has 4 aromatic rings. The Balaban J connectivity index is 1.69. The minimum absolute atomic E-state index is 0.342. The number of methoxy groups -OCH3 is 1. The van der Waals surface area contributed by atoms with Gasteiger partial charge in [0.1, 0.15) is 17.0 Å². The number of benzene rings is 3. The molecule has 0 aliphatic carbocycles. The maximum Gasteiger partial charge on any atom is 0.338 e. The molecule has 4 rings (SSSR count). The van der Waals surface area contributed by atoms with E-state index in [9.17, 15) is 4.79 Å². The van der Waals surface area contributed by atoms with Gasteiger partial charge in [0.15, 0.2) is 5.58 Å². The number of aromatic nitrogens is 1. The summed E-state index contributed by atoms with van der Waals surface area (Å²) in [4.78, 5) is 16.5. The summed E-state index contributed by atoms with van der Waals surface area (Å²) in [5.41, 5.74) is 2.18. The van der Waals surface area contributed by atoms with Gasteiger partial charge in [-0.25, -0.2) is 9.78 Å². The van der Waals surface area contributed by atoms with Crippen molar-refractivity contribution in [3.05, 3.63) is 77.3 Å². The van der Waals surface area contributed by atoms with Crippen LogP contribution in [0.4, 0.5) is 0 Å². The smallest absolute Gasteiger partial charge is 0.338 e. The van der Waals surface area contributed by atoms with Gasteiger partial charge in [-0.1, -0.05) is 23.7 Å². The topological polar surface area (TPSA) is 61.6 Å². The zero-order valence-corrected chi connectivity index (χ0v) is 15.1. The van der Waals surface area contributed by atoms with Crippen molar-refractivity contribution in [3.63, 3.8) is 0 Å². The quantitative estimate of drug-likeness (QED) is 0.424. The summed E-state index contributed by atoms with van der Waals surface area (Å²) in [6.07, 6.45) is 0. The molecule has 0 atom stereocenters. The Morgan fingerprint density at radius 1 is 1.00 bits per heavy atom. The highest BCUT2D eigenvalue weighted by atomic mass is 35.5. The van der Waals surface area contributed by atoms with E-state index in [1.165, 1.54) is 7.11 Å². The Bertz CT molecular complexity index is 1120. The van der Waals surface area contributed by atoms with Gasteiger partial charge in [-0.05, 0) is 48.5 Å². The van der Waals surface area contributed by atoms with Gasteiger partial charge in [0, 0.05) is 11.1 Å². The van der Waals surface area contributed by atoms with Crippen LogP contribution in [-0.2, 0) is 4.74 Å². The van der Waals surface area contributed by atoms with E-state index in [1.54, 1.807) is 60.7 Å². The summed E-state index contributed by atoms with van der Waals surface area (Å²) >= 11 is 5.89. The van der Waals surface area contributed by atoms with Crippen molar-refractivity contribution < 1.29 is 18.7 Å². The van der Waals surface area contributed by atoms with Gasteiger partial charge in [0.05, 0.1) is 18.2 Å². The highest BCUT2D eigenvalue weighted by Gasteiger charge is 2.17. The van der Waals surface area contributed by atoms with Gasteiger partial charge in [-0.2, -0.15) is 0 Å². The summed E-state index contributed by atoms with van der Waals surface area (Å²) < 4.78 is 16.5. The van der Waals surface area contributed by atoms with Gasteiger partial charge in [0.25, 0.3) is 0 Å². The maximum atomic E-state index is 12.0. The second kappa shape index (κ2) is 7.13. The van der Waals surface area contributed by atoms with E-state index in [0.717, 1.165) is 0 Å². The number of hydrogen-bond donors (Lipinski definition) is 0. The molecule has 27 heavy (non-hydrogen) atoms. The molecular weight excluding hydrogens is 366 g/mol. The van der Waals surface area contributed by atoms with E-state index < -0.39 is 5.97 Å². The molecule has 0 bridgehead atoms. The fourth-order valence-corrected chi connectivity index (χ4v) is 2.81. The number of fused-ring (bicyclic) bond motifs is 1. The first-order valence-electron chi connectivity index (χ1n) is 8.16. The lowest BCUT2D eigenvalue weighted by Crippen LogP contribution is -2.03. The van der Waals surface area contributed by atoms with Gasteiger partial charge in [-0.3, -0.25) is 0 Å². The second-order valence-corrected chi connectivity index (χ2v) is 6.18. The first kappa shape index (κ1) is 17.1. The van der Waals surface area contributed by atoms with Crippen molar-refractivity contribution in [2.45, 2.75) is 0 Å². The molecule has 134 valence electrons. The van der Waals surface area contributed by atoms with Crippen LogP contribution in [0.5, 0.6) is 11.5 Å². The van der Waals surface area contributed by atoms with E-state index >= 15 is 0 Å². The molecule has 5 nitrogen and oxygen atoms in total. The van der Waals surface area contributed by atoms with Crippen molar-refractivity contribution >= 4 is 28.7 Å². The minimum atomic E-state index is -0.445. The molecule has 0 N–H and O–H groups in total. The molecule has 1 heterocycles. The zero-order chi connectivity index (χ0) is 18.8. The summed E-state index contributed by atoms with van der Waals surface area (Å²) in [6, 6.07) is 19.4. The third kappa shape index (κ3) is 3.50. The molecule has 0 radical (unpaired) electrons. The Hall–Kier alpha value is -3.31. The van der Waals surface area contributed by atoms with Crippen LogP contribution >= 0.6 is 11.6 Å². The van der Waals surface area contributed by atoms with Crippen molar-refractivity contribution in [2.24, 2.45) is 0 Å². The number of carbonyl (C=O) groups is 1. The maximum absolute atomic E-state index is 12.0. The molecule has 3 aromatic carbocycles. The fraction of sp³-hybridized carbons (Fsp3) is 0.0476. The molecule has 0 unspecified atom stereocenters. The van der Waals surface area contributed by atoms with Crippen molar-refractivity contribution in [3.8, 4) is 23.0 Å². The van der Waals surface area contributed by atoms with E-state index in [0.29, 0.717) is 44.6 Å². The Morgan fingerprint density at radius 2 is 1.74 bits per heavy atom. The molecule has 0 aliphatic heterocycles. The molecule has 1 aromatic heterocycles. The lowest BCUT2D eigenvalue weighted by Gasteiger charge is -2.05. The molecule has 0 aliphatic rings. The fourth-order valence-electron chi connectivity index (χ4n) is 2.68. The van der Waals surface area contributed by atoms with Crippen LogP contribution in [0, 0.1) is 0 Å². The molecule has 0 fully saturated rings. The largest absolute Gasteiger partial charge is 0.465 e. The van der Waals surface area contributed by atoms with Gasteiger partial charge >= 0.3 is 5.97 Å². The van der Waals surface area contributed by atoms with E-state index in [1.807, 2.05) is 6.07 Å². The number of ether oxygens (including phenoxy) is 2. The summed E-state index contributed by atoms with van der Waals surface area (Å²) in [5, 5.41) is 0.641. The average Bonchev–Trinajstić information content (AvgIpc) is 3.12. The standard InChI is InChI=1S/C21H14ClNO4/c1-25-21(24)17-5-3-2-4-16(17)20-23-18-11-10-15(12-19(18)27-20)26-14-8-6-13(22)7-9-14/h2-12H,1H3. The first-order chi connectivity index (χ1) is 13.1.